The van der Waals surface area contributed by atoms with Gasteiger partial charge in [-0.25, -0.2) is 0 Å². The molecule has 2 aromatic rings. The lowest BCUT2D eigenvalue weighted by Crippen LogP contribution is -2.28. The number of para-hydroxylation sites is 2. The molecule has 1 fully saturated rings. The smallest absolute Gasteiger partial charge is 0.255 e. The summed E-state index contributed by atoms with van der Waals surface area (Å²) in [6.45, 7) is 6.42. The van der Waals surface area contributed by atoms with Gasteiger partial charge in [0.2, 0.25) is 5.91 Å². The zero-order valence-corrected chi connectivity index (χ0v) is 17.5. The van der Waals surface area contributed by atoms with Crippen molar-refractivity contribution in [2.75, 3.05) is 10.6 Å². The summed E-state index contributed by atoms with van der Waals surface area (Å²) in [4.78, 5) is 25.2. The molecule has 2 aromatic carbocycles. The van der Waals surface area contributed by atoms with E-state index in [1.165, 1.54) is 5.56 Å². The minimum absolute atomic E-state index is 0.0355. The van der Waals surface area contributed by atoms with Crippen molar-refractivity contribution in [3.63, 3.8) is 0 Å². The Morgan fingerprint density at radius 2 is 1.59 bits per heavy atom. The third kappa shape index (κ3) is 5.45. The Morgan fingerprint density at radius 1 is 0.966 bits per heavy atom. The first kappa shape index (κ1) is 21.1. The predicted molar refractivity (Wildman–Crippen MR) is 118 cm³/mol. The monoisotopic (exact) mass is 393 g/mol. The highest BCUT2D eigenvalue weighted by Gasteiger charge is 2.26. The molecular weight excluding hydrogens is 362 g/mol. The topological polar surface area (TPSA) is 84.2 Å². The van der Waals surface area contributed by atoms with E-state index in [0.717, 1.165) is 19.3 Å². The Balaban J connectivity index is 1.67. The van der Waals surface area contributed by atoms with Crippen molar-refractivity contribution in [1.29, 1.82) is 0 Å². The standard InChI is InChI=1S/C24H31N3O2/c1-24(2,3)18-13-11-16(12-14-18)23(29)27-21-10-5-4-9-20(21)26-22(28)15-17-7-6-8-19(17)25/h4-5,9-14,17,19H,6-8,15,25H2,1-3H3,(H,26,28)(H,27,29)/t17-,19+/m0/s1. The first-order valence-corrected chi connectivity index (χ1v) is 10.3. The molecule has 0 spiro atoms. The van der Waals surface area contributed by atoms with Crippen molar-refractivity contribution < 1.29 is 9.59 Å². The third-order valence-corrected chi connectivity index (χ3v) is 5.63. The van der Waals surface area contributed by atoms with Gasteiger partial charge in [0.1, 0.15) is 0 Å². The molecule has 5 nitrogen and oxygen atoms in total. The Hall–Kier alpha value is -2.66. The molecule has 4 N–H and O–H groups in total. The molecule has 1 aliphatic rings. The Morgan fingerprint density at radius 3 is 2.14 bits per heavy atom. The Kier molecular flexibility index (Phi) is 6.38. The summed E-state index contributed by atoms with van der Waals surface area (Å²) in [7, 11) is 0. The predicted octanol–water partition coefficient (Wildman–Crippen LogP) is 4.69. The maximum absolute atomic E-state index is 12.7. The number of hydrogen-bond donors (Lipinski definition) is 3. The van der Waals surface area contributed by atoms with Crippen LogP contribution in [0.1, 0.15) is 62.4 Å². The fraction of sp³-hybridized carbons (Fsp3) is 0.417. The Labute approximate surface area is 173 Å². The van der Waals surface area contributed by atoms with Crippen LogP contribution in [0.25, 0.3) is 0 Å². The maximum atomic E-state index is 12.7. The van der Waals surface area contributed by atoms with E-state index in [1.54, 1.807) is 12.1 Å². The van der Waals surface area contributed by atoms with Gasteiger partial charge in [0, 0.05) is 18.0 Å². The van der Waals surface area contributed by atoms with E-state index in [2.05, 4.69) is 31.4 Å². The third-order valence-electron chi connectivity index (χ3n) is 5.63. The number of carbonyl (C=O) groups is 2. The zero-order valence-electron chi connectivity index (χ0n) is 17.5. The quantitative estimate of drug-likeness (QED) is 0.689. The summed E-state index contributed by atoms with van der Waals surface area (Å²) in [6.07, 6.45) is 3.48. The van der Waals surface area contributed by atoms with Gasteiger partial charge in [0.25, 0.3) is 5.91 Å². The van der Waals surface area contributed by atoms with Gasteiger partial charge in [-0.1, -0.05) is 51.5 Å². The highest BCUT2D eigenvalue weighted by atomic mass is 16.2. The lowest BCUT2D eigenvalue weighted by molar-refractivity contribution is -0.117. The van der Waals surface area contributed by atoms with Gasteiger partial charge >= 0.3 is 0 Å². The van der Waals surface area contributed by atoms with E-state index >= 15 is 0 Å². The van der Waals surface area contributed by atoms with E-state index in [9.17, 15) is 9.59 Å². The summed E-state index contributed by atoms with van der Waals surface area (Å²) < 4.78 is 0. The van der Waals surface area contributed by atoms with Crippen molar-refractivity contribution in [3.05, 3.63) is 59.7 Å². The van der Waals surface area contributed by atoms with Gasteiger partial charge in [-0.3, -0.25) is 9.59 Å². The number of carbonyl (C=O) groups excluding carboxylic acids is 2. The van der Waals surface area contributed by atoms with Crippen LogP contribution in [0.2, 0.25) is 0 Å². The van der Waals surface area contributed by atoms with Crippen molar-refractivity contribution in [2.24, 2.45) is 11.7 Å². The van der Waals surface area contributed by atoms with E-state index in [0.29, 0.717) is 23.4 Å². The SMILES string of the molecule is CC(C)(C)c1ccc(C(=O)Nc2ccccc2NC(=O)C[C@@H]2CCC[C@H]2N)cc1. The molecular formula is C24H31N3O2. The van der Waals surface area contributed by atoms with Crippen LogP contribution < -0.4 is 16.4 Å². The number of anilines is 2. The van der Waals surface area contributed by atoms with Gasteiger partial charge in [-0.05, 0) is 54.0 Å². The largest absolute Gasteiger partial charge is 0.327 e. The Bertz CT molecular complexity index is 868. The van der Waals surface area contributed by atoms with E-state index in [-0.39, 0.29) is 29.2 Å². The van der Waals surface area contributed by atoms with Crippen molar-refractivity contribution in [1.82, 2.24) is 0 Å². The van der Waals surface area contributed by atoms with Crippen molar-refractivity contribution in [3.8, 4) is 0 Å². The molecule has 29 heavy (non-hydrogen) atoms. The van der Waals surface area contributed by atoms with E-state index in [4.69, 9.17) is 5.73 Å². The summed E-state index contributed by atoms with van der Waals surface area (Å²) >= 11 is 0. The van der Waals surface area contributed by atoms with Gasteiger partial charge < -0.3 is 16.4 Å². The molecule has 5 heteroatoms. The molecule has 0 bridgehead atoms. The minimum atomic E-state index is -0.204. The lowest BCUT2D eigenvalue weighted by Gasteiger charge is -2.19. The number of nitrogens with one attached hydrogen (secondary N) is 2. The van der Waals surface area contributed by atoms with E-state index in [1.807, 2.05) is 36.4 Å². The van der Waals surface area contributed by atoms with Crippen molar-refractivity contribution >= 4 is 23.2 Å². The molecule has 154 valence electrons. The van der Waals surface area contributed by atoms with Gasteiger partial charge in [0.15, 0.2) is 0 Å². The van der Waals surface area contributed by atoms with Crippen LogP contribution in [0, 0.1) is 5.92 Å². The summed E-state index contributed by atoms with van der Waals surface area (Å²) in [5, 5.41) is 5.85. The number of rotatable bonds is 5. The van der Waals surface area contributed by atoms with Gasteiger partial charge in [-0.2, -0.15) is 0 Å². The normalized spacial score (nSPS) is 19.0. The molecule has 0 radical (unpaired) electrons. The fourth-order valence-corrected chi connectivity index (χ4v) is 3.78. The molecule has 0 aromatic heterocycles. The average Bonchev–Trinajstić information content (AvgIpc) is 3.07. The van der Waals surface area contributed by atoms with Gasteiger partial charge in [-0.15, -0.1) is 0 Å². The second-order valence-electron chi connectivity index (χ2n) is 8.93. The number of nitrogens with two attached hydrogens (primary N) is 1. The first-order chi connectivity index (χ1) is 13.7. The molecule has 0 heterocycles. The minimum Gasteiger partial charge on any atom is -0.327 e. The highest BCUT2D eigenvalue weighted by Crippen LogP contribution is 2.28. The van der Waals surface area contributed by atoms with Crippen LogP contribution in [0.5, 0.6) is 0 Å². The molecule has 1 saturated carbocycles. The number of benzene rings is 2. The van der Waals surface area contributed by atoms with Crippen LogP contribution in [-0.4, -0.2) is 17.9 Å². The molecule has 2 atom stereocenters. The summed E-state index contributed by atoms with van der Waals surface area (Å²) in [5.74, 6) is -0.0355. The maximum Gasteiger partial charge on any atom is 0.255 e. The lowest BCUT2D eigenvalue weighted by atomic mass is 9.87. The first-order valence-electron chi connectivity index (χ1n) is 10.3. The van der Waals surface area contributed by atoms with E-state index < -0.39 is 0 Å². The zero-order chi connectivity index (χ0) is 21.0. The molecule has 0 saturated heterocycles. The number of amides is 2. The van der Waals surface area contributed by atoms with Gasteiger partial charge in [0.05, 0.1) is 11.4 Å². The molecule has 0 aliphatic heterocycles. The van der Waals surface area contributed by atoms with Crippen LogP contribution >= 0.6 is 0 Å². The number of hydrogen-bond acceptors (Lipinski definition) is 3. The molecule has 2 amide bonds. The van der Waals surface area contributed by atoms with Crippen LogP contribution in [0.3, 0.4) is 0 Å². The molecule has 1 aliphatic carbocycles. The fourth-order valence-electron chi connectivity index (χ4n) is 3.78. The summed E-state index contributed by atoms with van der Waals surface area (Å²) in [5.41, 5.74) is 9.05. The van der Waals surface area contributed by atoms with Crippen LogP contribution in [0.15, 0.2) is 48.5 Å². The van der Waals surface area contributed by atoms with Crippen LogP contribution in [-0.2, 0) is 10.2 Å². The van der Waals surface area contributed by atoms with Crippen LogP contribution in [0.4, 0.5) is 11.4 Å². The highest BCUT2D eigenvalue weighted by molar-refractivity contribution is 6.07. The molecule has 3 rings (SSSR count). The molecule has 0 unspecified atom stereocenters. The average molecular weight is 394 g/mol. The van der Waals surface area contributed by atoms with Crippen molar-refractivity contribution in [2.45, 2.75) is 57.9 Å². The second-order valence-corrected chi connectivity index (χ2v) is 8.93. The second kappa shape index (κ2) is 8.78. The summed E-state index contributed by atoms with van der Waals surface area (Å²) in [6, 6.07) is 15.0.